The van der Waals surface area contributed by atoms with Crippen molar-refractivity contribution in [1.82, 2.24) is 19.2 Å². The highest BCUT2D eigenvalue weighted by Gasteiger charge is 2.51. The molecular weight excluding hydrogens is 432 g/mol. The third kappa shape index (κ3) is 3.52. The molecule has 0 radical (unpaired) electrons. The van der Waals surface area contributed by atoms with E-state index in [2.05, 4.69) is 10.1 Å². The van der Waals surface area contributed by atoms with E-state index in [4.69, 9.17) is 0 Å². The first kappa shape index (κ1) is 21.4. The zero-order valence-electron chi connectivity index (χ0n) is 14.2. The van der Waals surface area contributed by atoms with E-state index in [-0.39, 0.29) is 16.4 Å². The smallest absolute Gasteiger partial charge is 0.298 e. The van der Waals surface area contributed by atoms with Gasteiger partial charge < -0.3 is 0 Å². The number of nitrogens with zero attached hydrogens (tertiary/aromatic N) is 4. The first-order valence-electron chi connectivity index (χ1n) is 7.81. The Morgan fingerprint density at radius 1 is 1.10 bits per heavy atom. The molecule has 0 bridgehead atoms. The molecule has 3 aromatic rings. The lowest BCUT2D eigenvalue weighted by atomic mass is 10.1. The summed E-state index contributed by atoms with van der Waals surface area (Å²) >= 11 is 0. The number of rotatable bonds is 5. The number of halogens is 8. The van der Waals surface area contributed by atoms with E-state index in [1.54, 1.807) is 0 Å². The number of aldehydes is 1. The first-order valence-corrected chi connectivity index (χ1v) is 7.81. The summed E-state index contributed by atoms with van der Waals surface area (Å²) in [6.07, 6.45) is -11.4. The number of aromatic nitrogens is 4. The summed E-state index contributed by atoms with van der Waals surface area (Å²) in [5.74, 6) is -5.18. The molecule has 0 aromatic carbocycles. The second-order valence-corrected chi connectivity index (χ2v) is 5.96. The van der Waals surface area contributed by atoms with Gasteiger partial charge in [-0.25, -0.2) is 22.8 Å². The van der Waals surface area contributed by atoms with Gasteiger partial charge in [-0.05, 0) is 12.1 Å². The van der Waals surface area contributed by atoms with Crippen LogP contribution < -0.4 is 5.56 Å². The predicted octanol–water partition coefficient (Wildman–Crippen LogP) is 3.76. The lowest BCUT2D eigenvalue weighted by molar-refractivity contribution is -0.194. The molecule has 0 saturated heterocycles. The fraction of sp³-hybridized carbons (Fsp3) is 0.250. The third-order valence-electron chi connectivity index (χ3n) is 3.99. The average molecular weight is 440 g/mol. The molecule has 0 saturated carbocycles. The number of alkyl halides is 8. The van der Waals surface area contributed by atoms with Crippen LogP contribution in [0.4, 0.5) is 35.1 Å². The molecule has 3 aromatic heterocycles. The molecule has 0 N–H and O–H groups in total. The van der Waals surface area contributed by atoms with E-state index in [0.717, 1.165) is 18.3 Å². The van der Waals surface area contributed by atoms with Gasteiger partial charge in [-0.1, -0.05) is 0 Å². The van der Waals surface area contributed by atoms with Gasteiger partial charge in [0.15, 0.2) is 5.69 Å². The normalized spacial score (nSPS) is 13.8. The van der Waals surface area contributed by atoms with Crippen LogP contribution in [0.5, 0.6) is 0 Å². The molecular formula is C16H8F8N4O2. The molecule has 0 aliphatic rings. The van der Waals surface area contributed by atoms with Gasteiger partial charge >= 0.3 is 18.5 Å². The number of fused-ring (bicyclic) bond motifs is 1. The highest BCUT2D eigenvalue weighted by atomic mass is 19.4. The van der Waals surface area contributed by atoms with Crippen LogP contribution in [-0.2, 0) is 6.18 Å². The Labute approximate surface area is 160 Å². The fourth-order valence-electron chi connectivity index (χ4n) is 2.56. The van der Waals surface area contributed by atoms with Crippen molar-refractivity contribution in [2.45, 2.75) is 24.8 Å². The van der Waals surface area contributed by atoms with E-state index in [9.17, 15) is 44.7 Å². The molecule has 0 spiro atoms. The Morgan fingerprint density at radius 3 is 2.33 bits per heavy atom. The van der Waals surface area contributed by atoms with E-state index >= 15 is 0 Å². The van der Waals surface area contributed by atoms with Gasteiger partial charge in [-0.15, -0.1) is 0 Å². The van der Waals surface area contributed by atoms with Crippen LogP contribution in [0, 0.1) is 0 Å². The average Bonchev–Trinajstić information content (AvgIpc) is 3.15. The Balaban J connectivity index is 2.24. The van der Waals surface area contributed by atoms with Crippen LogP contribution in [0.15, 0.2) is 35.5 Å². The third-order valence-corrected chi connectivity index (χ3v) is 3.99. The van der Waals surface area contributed by atoms with E-state index < -0.39 is 52.8 Å². The van der Waals surface area contributed by atoms with Crippen LogP contribution in [0.25, 0.3) is 16.8 Å². The topological polar surface area (TPSA) is 69.3 Å². The van der Waals surface area contributed by atoms with Crippen molar-refractivity contribution in [3.63, 3.8) is 0 Å². The van der Waals surface area contributed by atoms with Crippen molar-refractivity contribution in [1.29, 1.82) is 0 Å². The number of carbonyl (C=O) groups is 1. The molecule has 0 aliphatic carbocycles. The van der Waals surface area contributed by atoms with Crippen molar-refractivity contribution in [2.24, 2.45) is 0 Å². The van der Waals surface area contributed by atoms with Gasteiger partial charge in [0.1, 0.15) is 11.9 Å². The van der Waals surface area contributed by atoms with Gasteiger partial charge in [0, 0.05) is 23.5 Å². The number of hydrogen-bond acceptors (Lipinski definition) is 4. The minimum atomic E-state index is -5.22. The molecule has 160 valence electrons. The second kappa shape index (κ2) is 7.18. The monoisotopic (exact) mass is 440 g/mol. The highest BCUT2D eigenvalue weighted by Crippen LogP contribution is 2.38. The van der Waals surface area contributed by atoms with Crippen LogP contribution >= 0.6 is 0 Å². The minimum Gasteiger partial charge on any atom is -0.298 e. The maximum Gasteiger partial charge on any atom is 0.434 e. The van der Waals surface area contributed by atoms with Gasteiger partial charge in [-0.3, -0.25) is 14.0 Å². The summed E-state index contributed by atoms with van der Waals surface area (Å²) < 4.78 is 106. The van der Waals surface area contributed by atoms with E-state index in [1.807, 2.05) is 0 Å². The SMILES string of the molecule is O=Cc1ccn2c(=O)c(-c3cnn(C(F)C(F)(F)C(F)F)c3)c(C(F)(F)F)nc2c1. The van der Waals surface area contributed by atoms with Crippen molar-refractivity contribution in [3.05, 3.63) is 52.3 Å². The predicted molar refractivity (Wildman–Crippen MR) is 84.2 cm³/mol. The molecule has 6 nitrogen and oxygen atoms in total. The standard InChI is InChI=1S/C16H8F8N4O2/c17-13(18)15(20,21)14(19)28-5-8(4-25-28)10-11(16(22,23)24)26-9-3-7(6-29)1-2-27(9)12(10)30/h1-6,13-14H. The van der Waals surface area contributed by atoms with Gasteiger partial charge in [0.2, 0.25) is 0 Å². The van der Waals surface area contributed by atoms with Crippen LogP contribution in [0.1, 0.15) is 22.3 Å². The molecule has 1 unspecified atom stereocenters. The highest BCUT2D eigenvalue weighted by molar-refractivity contribution is 5.77. The summed E-state index contributed by atoms with van der Waals surface area (Å²) in [6.45, 7) is 0. The molecule has 1 atom stereocenters. The Kier molecular flexibility index (Phi) is 5.12. The second-order valence-electron chi connectivity index (χ2n) is 5.96. The number of hydrogen-bond donors (Lipinski definition) is 0. The van der Waals surface area contributed by atoms with Crippen LogP contribution in [-0.4, -0.2) is 37.8 Å². The summed E-state index contributed by atoms with van der Waals surface area (Å²) in [7, 11) is 0. The van der Waals surface area contributed by atoms with Gasteiger partial charge in [0.05, 0.1) is 11.8 Å². The van der Waals surface area contributed by atoms with Crippen molar-refractivity contribution >= 4 is 11.9 Å². The number of pyridine rings is 1. The summed E-state index contributed by atoms with van der Waals surface area (Å²) in [5.41, 5.74) is -5.66. The molecule has 0 aliphatic heterocycles. The molecule has 30 heavy (non-hydrogen) atoms. The van der Waals surface area contributed by atoms with Gasteiger partial charge in [0.25, 0.3) is 11.9 Å². The molecule has 3 rings (SSSR count). The van der Waals surface area contributed by atoms with E-state index in [1.165, 1.54) is 0 Å². The molecule has 0 fully saturated rings. The van der Waals surface area contributed by atoms with Crippen molar-refractivity contribution < 1.29 is 39.9 Å². The summed E-state index contributed by atoms with van der Waals surface area (Å²) in [4.78, 5) is 26.7. The van der Waals surface area contributed by atoms with Crippen LogP contribution in [0.2, 0.25) is 0 Å². The molecule has 0 amide bonds. The summed E-state index contributed by atoms with van der Waals surface area (Å²) in [6, 6.07) is 2.00. The zero-order chi connectivity index (χ0) is 22.4. The number of carbonyl (C=O) groups excluding carboxylic acids is 1. The molecule has 3 heterocycles. The van der Waals surface area contributed by atoms with Crippen molar-refractivity contribution in [3.8, 4) is 11.1 Å². The quantitative estimate of drug-likeness (QED) is 0.448. The zero-order valence-corrected chi connectivity index (χ0v) is 14.2. The molecule has 14 heteroatoms. The van der Waals surface area contributed by atoms with Crippen LogP contribution in [0.3, 0.4) is 0 Å². The van der Waals surface area contributed by atoms with Gasteiger partial charge in [-0.2, -0.15) is 27.1 Å². The largest absolute Gasteiger partial charge is 0.434 e. The minimum absolute atomic E-state index is 0.0786. The Morgan fingerprint density at radius 2 is 1.77 bits per heavy atom. The lowest BCUT2D eigenvalue weighted by Crippen LogP contribution is -2.35. The first-order chi connectivity index (χ1) is 13.9. The fourth-order valence-corrected chi connectivity index (χ4v) is 2.56. The maximum absolute atomic E-state index is 13.8. The van der Waals surface area contributed by atoms with E-state index in [0.29, 0.717) is 16.9 Å². The lowest BCUT2D eigenvalue weighted by Gasteiger charge is -2.19. The Hall–Kier alpha value is -3.32. The Bertz CT molecular complexity index is 1170. The van der Waals surface area contributed by atoms with Crippen molar-refractivity contribution in [2.75, 3.05) is 0 Å². The maximum atomic E-state index is 13.8. The summed E-state index contributed by atoms with van der Waals surface area (Å²) in [5, 5.41) is 3.05.